The van der Waals surface area contributed by atoms with Crippen molar-refractivity contribution >= 4 is 38.8 Å². The van der Waals surface area contributed by atoms with Crippen molar-refractivity contribution in [3.8, 4) is 22.8 Å². The number of hydrogen-bond acceptors (Lipinski definition) is 10. The molecule has 11 nitrogen and oxygen atoms in total. The molecule has 0 fully saturated rings. The van der Waals surface area contributed by atoms with Gasteiger partial charge < -0.3 is 24.2 Å². The predicted molar refractivity (Wildman–Crippen MR) is 122 cm³/mol. The fourth-order valence-corrected chi connectivity index (χ4v) is 5.23. The zero-order valence-corrected chi connectivity index (χ0v) is 19.1. The predicted octanol–water partition coefficient (Wildman–Crippen LogP) is 2.49. The Labute approximate surface area is 193 Å². The Morgan fingerprint density at radius 2 is 2.06 bits per heavy atom. The van der Waals surface area contributed by atoms with E-state index >= 15 is 0 Å². The molecule has 0 aliphatic carbocycles. The number of nitrogens with two attached hydrogens (primary N) is 1. The normalized spacial score (nSPS) is 13.1. The quantitative estimate of drug-likeness (QED) is 0.379. The van der Waals surface area contributed by atoms with Crippen molar-refractivity contribution in [1.82, 2.24) is 24.2 Å². The fraction of sp³-hybridized carbons (Fsp3) is 0.250. The summed E-state index contributed by atoms with van der Waals surface area (Å²) in [4.78, 5) is 13.9. The van der Waals surface area contributed by atoms with Crippen molar-refractivity contribution in [3.63, 3.8) is 0 Å². The van der Waals surface area contributed by atoms with Crippen LogP contribution in [-0.4, -0.2) is 47.5 Å². The van der Waals surface area contributed by atoms with E-state index in [0.29, 0.717) is 46.5 Å². The van der Waals surface area contributed by atoms with Gasteiger partial charge in [-0.1, -0.05) is 11.8 Å². The first-order valence-electron chi connectivity index (χ1n) is 9.98. The third-order valence-corrected chi connectivity index (χ3v) is 7.59. The van der Waals surface area contributed by atoms with Gasteiger partial charge in [-0.25, -0.2) is 28.1 Å². The zero-order valence-electron chi connectivity index (χ0n) is 17.5. The van der Waals surface area contributed by atoms with Crippen LogP contribution in [0.25, 0.3) is 22.5 Å². The molecule has 0 bridgehead atoms. The largest absolute Gasteiger partial charge is 0.464 e. The number of fused-ring (bicyclic) bond motifs is 2. The molecular weight excluding hydrogens is 468 g/mol. The average Bonchev–Trinajstić information content (AvgIpc) is 3.54. The molecule has 3 N–H and O–H groups in total. The molecule has 0 amide bonds. The van der Waals surface area contributed by atoms with Crippen LogP contribution in [0.4, 0.5) is 5.82 Å². The summed E-state index contributed by atoms with van der Waals surface area (Å²) < 4.78 is 44.7. The molecule has 1 aromatic carbocycles. The van der Waals surface area contributed by atoms with Gasteiger partial charge in [-0.05, 0) is 37.7 Å². The Morgan fingerprint density at radius 3 is 2.82 bits per heavy atom. The number of furan rings is 1. The first-order chi connectivity index (χ1) is 15.9. The number of sulfonamides is 1. The van der Waals surface area contributed by atoms with Crippen molar-refractivity contribution in [1.29, 1.82) is 0 Å². The van der Waals surface area contributed by atoms with Gasteiger partial charge in [-0.2, -0.15) is 0 Å². The summed E-state index contributed by atoms with van der Waals surface area (Å²) in [5, 5.41) is 0.589. The summed E-state index contributed by atoms with van der Waals surface area (Å²) >= 11 is 1.37. The number of aromatic nitrogens is 4. The third kappa shape index (κ3) is 4.21. The molecule has 0 spiro atoms. The van der Waals surface area contributed by atoms with Gasteiger partial charge in [0.15, 0.2) is 33.6 Å². The molecule has 33 heavy (non-hydrogen) atoms. The van der Waals surface area contributed by atoms with Crippen LogP contribution in [0.1, 0.15) is 6.42 Å². The highest BCUT2D eigenvalue weighted by Crippen LogP contribution is 2.45. The van der Waals surface area contributed by atoms with E-state index in [9.17, 15) is 8.42 Å². The molecule has 172 valence electrons. The van der Waals surface area contributed by atoms with Gasteiger partial charge in [0.05, 0.1) is 12.0 Å². The van der Waals surface area contributed by atoms with Crippen LogP contribution in [0.5, 0.6) is 11.5 Å². The van der Waals surface area contributed by atoms with Gasteiger partial charge in [0, 0.05) is 17.0 Å². The lowest BCUT2D eigenvalue weighted by Gasteiger charge is -2.11. The van der Waals surface area contributed by atoms with Crippen LogP contribution in [0.3, 0.4) is 0 Å². The van der Waals surface area contributed by atoms with Gasteiger partial charge in [0.1, 0.15) is 12.1 Å². The lowest BCUT2D eigenvalue weighted by molar-refractivity contribution is 0.174. The number of imidazole rings is 1. The Kier molecular flexibility index (Phi) is 5.60. The van der Waals surface area contributed by atoms with E-state index in [0.717, 1.165) is 10.5 Å². The lowest BCUT2D eigenvalue weighted by Crippen LogP contribution is -2.22. The molecule has 0 unspecified atom stereocenters. The number of nitrogens with one attached hydrogen (secondary N) is 1. The molecule has 1 aliphatic rings. The summed E-state index contributed by atoms with van der Waals surface area (Å²) in [7, 11) is -1.94. The second kappa shape index (κ2) is 8.57. The molecule has 5 rings (SSSR count). The Morgan fingerprint density at radius 1 is 1.24 bits per heavy atom. The number of aryl methyl sites for hydroxylation is 1. The van der Waals surface area contributed by atoms with Crippen LogP contribution < -0.4 is 19.9 Å². The number of anilines is 1. The maximum absolute atomic E-state index is 11.9. The summed E-state index contributed by atoms with van der Waals surface area (Å²) in [5.41, 5.74) is 7.84. The van der Waals surface area contributed by atoms with Crippen molar-refractivity contribution < 1.29 is 22.3 Å². The molecule has 0 atom stereocenters. The molecule has 0 radical (unpaired) electrons. The summed E-state index contributed by atoms with van der Waals surface area (Å²) in [5.74, 6) is 2.13. The molecule has 3 aromatic heterocycles. The van der Waals surface area contributed by atoms with E-state index in [1.165, 1.54) is 25.1 Å². The maximum Gasteiger partial charge on any atom is 0.231 e. The van der Waals surface area contributed by atoms with Gasteiger partial charge in [0.2, 0.25) is 16.8 Å². The first-order valence-corrected chi connectivity index (χ1v) is 12.5. The summed E-state index contributed by atoms with van der Waals surface area (Å²) in [6.07, 6.45) is 3.32. The van der Waals surface area contributed by atoms with E-state index < -0.39 is 10.0 Å². The van der Waals surface area contributed by atoms with Gasteiger partial charge in [0.25, 0.3) is 0 Å². The number of benzene rings is 1. The van der Waals surface area contributed by atoms with Gasteiger partial charge in [-0.15, -0.1) is 0 Å². The number of rotatable bonds is 8. The average molecular weight is 489 g/mol. The highest BCUT2D eigenvalue weighted by Gasteiger charge is 2.23. The van der Waals surface area contributed by atoms with E-state index in [2.05, 4.69) is 19.7 Å². The maximum atomic E-state index is 11.9. The third-order valence-electron chi connectivity index (χ3n) is 5.09. The van der Waals surface area contributed by atoms with Crippen molar-refractivity contribution in [2.24, 2.45) is 0 Å². The molecule has 0 saturated carbocycles. The Balaban J connectivity index is 1.56. The molecule has 0 saturated heterocycles. The smallest absolute Gasteiger partial charge is 0.231 e. The highest BCUT2D eigenvalue weighted by atomic mass is 32.2. The second-order valence-electron chi connectivity index (χ2n) is 7.13. The molecule has 1 aliphatic heterocycles. The first kappa shape index (κ1) is 21.6. The molecule has 13 heteroatoms. The second-order valence-corrected chi connectivity index (χ2v) is 10.2. The standard InChI is InChI=1S/C20H20N6O5S2/c1-22-33(27,28)7-3-5-26-19-17(18(21)23-10-24-19)25-20(26)32-16-9-15-14(30-11-31-15)8-12(16)13-4-2-6-29-13/h2,4,6,8-10,22H,3,5,7,11H2,1H3,(H2,21,23,24). The van der Waals surface area contributed by atoms with Crippen molar-refractivity contribution in [2.75, 3.05) is 25.3 Å². The number of hydrogen-bond donors (Lipinski definition) is 2. The van der Waals surface area contributed by atoms with Crippen LogP contribution in [0.15, 0.2) is 51.3 Å². The SMILES string of the molecule is CNS(=O)(=O)CCCn1c(Sc2cc3c(cc2-c2ccco2)OCO3)nc2c(N)ncnc21. The van der Waals surface area contributed by atoms with E-state index in [1.807, 2.05) is 28.8 Å². The Bertz CT molecular complexity index is 1420. The van der Waals surface area contributed by atoms with Crippen LogP contribution in [0, 0.1) is 0 Å². The van der Waals surface area contributed by atoms with E-state index in [1.54, 1.807) is 6.26 Å². The van der Waals surface area contributed by atoms with E-state index in [4.69, 9.17) is 19.6 Å². The summed E-state index contributed by atoms with van der Waals surface area (Å²) in [6.45, 7) is 0.516. The number of ether oxygens (including phenoxy) is 2. The Hall–Kier alpha value is -3.29. The molecular formula is C20H20N6O5S2. The van der Waals surface area contributed by atoms with Gasteiger partial charge in [-0.3, -0.25) is 0 Å². The van der Waals surface area contributed by atoms with Crippen LogP contribution in [-0.2, 0) is 16.6 Å². The van der Waals surface area contributed by atoms with Crippen molar-refractivity contribution in [3.05, 3.63) is 36.9 Å². The number of nitrogens with zero attached hydrogens (tertiary/aromatic N) is 4. The molecule has 4 heterocycles. The van der Waals surface area contributed by atoms with Crippen molar-refractivity contribution in [2.45, 2.75) is 23.0 Å². The monoisotopic (exact) mass is 488 g/mol. The molecule has 4 aromatic rings. The minimum Gasteiger partial charge on any atom is -0.464 e. The summed E-state index contributed by atoms with van der Waals surface area (Å²) in [6, 6.07) is 7.40. The number of nitrogen functional groups attached to an aromatic ring is 1. The fourth-order valence-electron chi connectivity index (χ4n) is 3.46. The van der Waals surface area contributed by atoms with E-state index in [-0.39, 0.29) is 18.4 Å². The van der Waals surface area contributed by atoms with Gasteiger partial charge >= 0.3 is 0 Å². The van der Waals surface area contributed by atoms with Crippen LogP contribution in [0.2, 0.25) is 0 Å². The highest BCUT2D eigenvalue weighted by molar-refractivity contribution is 7.99. The minimum atomic E-state index is -3.34. The van der Waals surface area contributed by atoms with Crippen LogP contribution >= 0.6 is 11.8 Å². The topological polar surface area (TPSA) is 147 Å². The minimum absolute atomic E-state index is 0.0322. The lowest BCUT2D eigenvalue weighted by atomic mass is 10.1. The zero-order chi connectivity index (χ0) is 23.0.